The van der Waals surface area contributed by atoms with Crippen LogP contribution in [0.1, 0.15) is 39.7 Å². The standard InChI is InChI=1S/C17H22N4OS2/c1-12-20-21-17(24-12)23-9-8-19-16(22)14-5-2-4-13(10-14)15-6-3-7-18-11-15/h2,4-5,10,15,18H,3,6-9,11H2,1H3,(H,19,22)/t15-/m1/s1. The van der Waals surface area contributed by atoms with E-state index in [4.69, 9.17) is 0 Å². The SMILES string of the molecule is Cc1nnc(SCCNC(=O)c2cccc([C@@H]3CCCNC3)c2)s1. The first-order valence-corrected chi connectivity index (χ1v) is 10.0. The van der Waals surface area contributed by atoms with Crippen LogP contribution in [0.25, 0.3) is 0 Å². The third kappa shape index (κ3) is 4.78. The van der Waals surface area contributed by atoms with Gasteiger partial charge in [-0.1, -0.05) is 35.2 Å². The third-order valence-electron chi connectivity index (χ3n) is 4.04. The Morgan fingerprint density at radius 1 is 1.46 bits per heavy atom. The van der Waals surface area contributed by atoms with Gasteiger partial charge in [0.25, 0.3) is 5.91 Å². The van der Waals surface area contributed by atoms with Gasteiger partial charge < -0.3 is 10.6 Å². The maximum atomic E-state index is 12.3. The molecule has 7 heteroatoms. The first-order valence-electron chi connectivity index (χ1n) is 8.24. The van der Waals surface area contributed by atoms with E-state index in [0.717, 1.165) is 33.8 Å². The van der Waals surface area contributed by atoms with Crippen LogP contribution in [0.2, 0.25) is 0 Å². The fourth-order valence-electron chi connectivity index (χ4n) is 2.81. The molecular formula is C17H22N4OS2. The van der Waals surface area contributed by atoms with E-state index in [1.165, 1.54) is 18.4 Å². The van der Waals surface area contributed by atoms with Crippen LogP contribution in [0.5, 0.6) is 0 Å². The lowest BCUT2D eigenvalue weighted by Gasteiger charge is -2.23. The van der Waals surface area contributed by atoms with Crippen LogP contribution in [-0.2, 0) is 0 Å². The van der Waals surface area contributed by atoms with Gasteiger partial charge in [-0.2, -0.15) is 0 Å². The number of carbonyl (C=O) groups excluding carboxylic acids is 1. The summed E-state index contributed by atoms with van der Waals surface area (Å²) in [5.74, 6) is 1.31. The number of piperidine rings is 1. The van der Waals surface area contributed by atoms with E-state index in [2.05, 4.69) is 26.9 Å². The predicted molar refractivity (Wildman–Crippen MR) is 99.0 cm³/mol. The second kappa shape index (κ2) is 8.60. The van der Waals surface area contributed by atoms with Crippen molar-refractivity contribution in [1.29, 1.82) is 0 Å². The smallest absolute Gasteiger partial charge is 0.251 e. The van der Waals surface area contributed by atoms with Crippen molar-refractivity contribution >= 4 is 29.0 Å². The summed E-state index contributed by atoms with van der Waals surface area (Å²) in [5, 5.41) is 15.4. The van der Waals surface area contributed by atoms with Crippen molar-refractivity contribution < 1.29 is 4.79 Å². The van der Waals surface area contributed by atoms with Crippen LogP contribution in [0.4, 0.5) is 0 Å². The fraction of sp³-hybridized carbons (Fsp3) is 0.471. The van der Waals surface area contributed by atoms with E-state index >= 15 is 0 Å². The van der Waals surface area contributed by atoms with E-state index < -0.39 is 0 Å². The molecule has 3 rings (SSSR count). The lowest BCUT2D eigenvalue weighted by atomic mass is 9.90. The van der Waals surface area contributed by atoms with Crippen molar-refractivity contribution in [3.05, 3.63) is 40.4 Å². The monoisotopic (exact) mass is 362 g/mol. The minimum Gasteiger partial charge on any atom is -0.351 e. The van der Waals surface area contributed by atoms with Gasteiger partial charge in [-0.15, -0.1) is 10.2 Å². The average molecular weight is 363 g/mol. The Morgan fingerprint density at radius 2 is 2.38 bits per heavy atom. The second-order valence-corrected chi connectivity index (χ2v) is 8.38. The van der Waals surface area contributed by atoms with Gasteiger partial charge in [0, 0.05) is 24.4 Å². The summed E-state index contributed by atoms with van der Waals surface area (Å²) in [4.78, 5) is 12.3. The normalized spacial score (nSPS) is 17.6. The highest BCUT2D eigenvalue weighted by Gasteiger charge is 2.16. The molecule has 1 aliphatic heterocycles. The van der Waals surface area contributed by atoms with E-state index in [0.29, 0.717) is 12.5 Å². The van der Waals surface area contributed by atoms with Gasteiger partial charge in [-0.3, -0.25) is 4.79 Å². The Morgan fingerprint density at radius 3 is 3.12 bits per heavy atom. The molecule has 0 radical (unpaired) electrons. The van der Waals surface area contributed by atoms with Gasteiger partial charge in [0.05, 0.1) is 0 Å². The minimum absolute atomic E-state index is 0.00494. The van der Waals surface area contributed by atoms with Gasteiger partial charge in [-0.25, -0.2) is 0 Å². The van der Waals surface area contributed by atoms with Gasteiger partial charge in [0.1, 0.15) is 5.01 Å². The van der Waals surface area contributed by atoms with Crippen LogP contribution in [0.15, 0.2) is 28.6 Å². The lowest BCUT2D eigenvalue weighted by molar-refractivity contribution is 0.0956. The van der Waals surface area contributed by atoms with Gasteiger partial charge in [0.15, 0.2) is 4.34 Å². The van der Waals surface area contributed by atoms with Crippen LogP contribution in [0, 0.1) is 6.92 Å². The Hall–Kier alpha value is -1.44. The zero-order chi connectivity index (χ0) is 16.8. The quantitative estimate of drug-likeness (QED) is 0.611. The van der Waals surface area contributed by atoms with Crippen LogP contribution < -0.4 is 10.6 Å². The Kier molecular flexibility index (Phi) is 6.23. The number of hydrogen-bond acceptors (Lipinski definition) is 6. The van der Waals surface area contributed by atoms with E-state index in [1.807, 2.05) is 25.1 Å². The summed E-state index contributed by atoms with van der Waals surface area (Å²) in [5.41, 5.74) is 2.00. The van der Waals surface area contributed by atoms with Gasteiger partial charge in [-0.05, 0) is 49.9 Å². The first-order chi connectivity index (χ1) is 11.7. The van der Waals surface area contributed by atoms with Crippen molar-refractivity contribution in [1.82, 2.24) is 20.8 Å². The van der Waals surface area contributed by atoms with Gasteiger partial charge >= 0.3 is 0 Å². The van der Waals surface area contributed by atoms with Crippen molar-refractivity contribution in [3.8, 4) is 0 Å². The molecule has 1 atom stereocenters. The first kappa shape index (κ1) is 17.4. The molecule has 0 aliphatic carbocycles. The van der Waals surface area contributed by atoms with Crippen molar-refractivity contribution in [3.63, 3.8) is 0 Å². The van der Waals surface area contributed by atoms with E-state index in [-0.39, 0.29) is 5.91 Å². The Labute approximate surface area is 150 Å². The maximum absolute atomic E-state index is 12.3. The molecule has 0 spiro atoms. The number of nitrogens with one attached hydrogen (secondary N) is 2. The van der Waals surface area contributed by atoms with Crippen LogP contribution in [0.3, 0.4) is 0 Å². The molecule has 5 nitrogen and oxygen atoms in total. The minimum atomic E-state index is -0.00494. The highest BCUT2D eigenvalue weighted by atomic mass is 32.2. The molecule has 24 heavy (non-hydrogen) atoms. The van der Waals surface area contributed by atoms with Crippen molar-refractivity contribution in [2.45, 2.75) is 30.0 Å². The summed E-state index contributed by atoms with van der Waals surface area (Å²) in [6.45, 7) is 4.67. The number of rotatable bonds is 6. The summed E-state index contributed by atoms with van der Waals surface area (Å²) < 4.78 is 0.952. The molecule has 128 valence electrons. The maximum Gasteiger partial charge on any atom is 0.251 e. The number of hydrogen-bond donors (Lipinski definition) is 2. The molecular weight excluding hydrogens is 340 g/mol. The Bertz CT molecular complexity index is 683. The summed E-state index contributed by atoms with van der Waals surface area (Å²) >= 11 is 3.21. The average Bonchev–Trinajstić information content (AvgIpc) is 3.05. The number of amides is 1. The van der Waals surface area contributed by atoms with E-state index in [9.17, 15) is 4.79 Å². The Balaban J connectivity index is 1.49. The number of aromatic nitrogens is 2. The highest BCUT2D eigenvalue weighted by Crippen LogP contribution is 2.24. The zero-order valence-corrected chi connectivity index (χ0v) is 15.4. The summed E-state index contributed by atoms with van der Waals surface area (Å²) in [7, 11) is 0. The molecule has 2 heterocycles. The fourth-order valence-corrected chi connectivity index (χ4v) is 4.55. The molecule has 1 amide bonds. The topological polar surface area (TPSA) is 66.9 Å². The van der Waals surface area contributed by atoms with Crippen molar-refractivity contribution in [2.24, 2.45) is 0 Å². The van der Waals surface area contributed by atoms with Gasteiger partial charge in [0.2, 0.25) is 0 Å². The number of aryl methyl sites for hydroxylation is 1. The molecule has 1 aliphatic rings. The molecule has 1 aromatic heterocycles. The van der Waals surface area contributed by atoms with Crippen LogP contribution >= 0.6 is 23.1 Å². The summed E-state index contributed by atoms with van der Waals surface area (Å²) in [6, 6.07) is 8.03. The summed E-state index contributed by atoms with van der Waals surface area (Å²) in [6.07, 6.45) is 2.39. The number of thioether (sulfide) groups is 1. The molecule has 0 unspecified atom stereocenters. The number of nitrogens with zero attached hydrogens (tertiary/aromatic N) is 2. The largest absolute Gasteiger partial charge is 0.351 e. The lowest BCUT2D eigenvalue weighted by Crippen LogP contribution is -2.29. The second-order valence-electron chi connectivity index (χ2n) is 5.86. The molecule has 1 fully saturated rings. The molecule has 0 bridgehead atoms. The highest BCUT2D eigenvalue weighted by molar-refractivity contribution is 8.01. The molecule has 0 saturated carbocycles. The number of carbonyl (C=O) groups is 1. The number of benzene rings is 1. The van der Waals surface area contributed by atoms with E-state index in [1.54, 1.807) is 23.1 Å². The third-order valence-corrected chi connectivity index (χ3v) is 6.01. The van der Waals surface area contributed by atoms with Crippen molar-refractivity contribution in [2.75, 3.05) is 25.4 Å². The zero-order valence-electron chi connectivity index (χ0n) is 13.7. The van der Waals surface area contributed by atoms with Crippen LogP contribution in [-0.4, -0.2) is 41.5 Å². The predicted octanol–water partition coefficient (Wildman–Crippen LogP) is 2.84. The molecule has 2 N–H and O–H groups in total. The molecule has 1 aromatic carbocycles. The molecule has 2 aromatic rings. The molecule has 1 saturated heterocycles.